The van der Waals surface area contributed by atoms with Gasteiger partial charge in [0.25, 0.3) is 5.56 Å². The molecule has 0 aliphatic carbocycles. The van der Waals surface area contributed by atoms with Crippen molar-refractivity contribution in [3.05, 3.63) is 69.6 Å². The number of carbonyl (C=O) groups excluding carboxylic acids is 1. The molecule has 0 aliphatic heterocycles. The molecular formula is C21H22N2O5S. The van der Waals surface area contributed by atoms with Gasteiger partial charge in [-0.25, -0.2) is 8.42 Å². The van der Waals surface area contributed by atoms with E-state index in [1.807, 2.05) is 0 Å². The van der Waals surface area contributed by atoms with Crippen molar-refractivity contribution in [2.75, 3.05) is 13.4 Å². The van der Waals surface area contributed by atoms with Crippen LogP contribution >= 0.6 is 0 Å². The minimum atomic E-state index is -3.58. The highest BCUT2D eigenvalue weighted by atomic mass is 32.2. The van der Waals surface area contributed by atoms with Gasteiger partial charge in [-0.2, -0.15) is 0 Å². The minimum absolute atomic E-state index is 0.00744. The first kappa shape index (κ1) is 20.6. The van der Waals surface area contributed by atoms with E-state index in [0.29, 0.717) is 29.0 Å². The number of nitrogens with one attached hydrogen (secondary N) is 1. The lowest BCUT2D eigenvalue weighted by atomic mass is 9.92. The van der Waals surface area contributed by atoms with Crippen LogP contribution in [0.1, 0.15) is 28.4 Å². The number of carbonyl (C=O) groups is 1. The Morgan fingerprint density at radius 2 is 1.83 bits per heavy atom. The van der Waals surface area contributed by atoms with E-state index in [4.69, 9.17) is 4.74 Å². The molecule has 0 radical (unpaired) electrons. The van der Waals surface area contributed by atoms with E-state index in [1.54, 1.807) is 38.1 Å². The molecule has 152 valence electrons. The summed E-state index contributed by atoms with van der Waals surface area (Å²) in [6.45, 7) is 3.87. The van der Waals surface area contributed by atoms with Gasteiger partial charge in [0.15, 0.2) is 15.6 Å². The Hall–Kier alpha value is -3.13. The van der Waals surface area contributed by atoms with Gasteiger partial charge in [-0.05, 0) is 37.6 Å². The molecule has 0 saturated heterocycles. The Morgan fingerprint density at radius 3 is 2.41 bits per heavy atom. The molecule has 8 heteroatoms. The van der Waals surface area contributed by atoms with E-state index in [0.717, 1.165) is 6.26 Å². The van der Waals surface area contributed by atoms with Crippen LogP contribution in [0.2, 0.25) is 0 Å². The van der Waals surface area contributed by atoms with Gasteiger partial charge >= 0.3 is 0 Å². The second-order valence-corrected chi connectivity index (χ2v) is 8.63. The summed E-state index contributed by atoms with van der Waals surface area (Å²) in [6, 6.07) is 9.87. The van der Waals surface area contributed by atoms with E-state index < -0.39 is 21.2 Å². The Kier molecular flexibility index (Phi) is 5.48. The van der Waals surface area contributed by atoms with Crippen molar-refractivity contribution >= 4 is 15.6 Å². The molecule has 3 rings (SSSR count). The number of methoxy groups -OCH3 is 1. The molecule has 0 fully saturated rings. The van der Waals surface area contributed by atoms with Crippen LogP contribution in [0.3, 0.4) is 0 Å². The van der Waals surface area contributed by atoms with Crippen LogP contribution in [0.25, 0.3) is 11.1 Å². The monoisotopic (exact) mass is 414 g/mol. The van der Waals surface area contributed by atoms with E-state index in [9.17, 15) is 18.0 Å². The molecule has 2 aromatic carbocycles. The fourth-order valence-electron chi connectivity index (χ4n) is 3.38. The lowest BCUT2D eigenvalue weighted by Gasteiger charge is -2.17. The standard InChI is InChI=1S/C21H22N2O5S/c1-5-23-21(25)16(12-22-23)20(24)14-10-11-18(29(4,26)27)19(13(14)2)15-8-6-7-9-17(15)28-3/h6-12,22H,5H2,1-4H3. The van der Waals surface area contributed by atoms with Gasteiger partial charge in [0, 0.05) is 35.7 Å². The Bertz CT molecular complexity index is 1250. The van der Waals surface area contributed by atoms with E-state index in [2.05, 4.69) is 5.10 Å². The predicted octanol–water partition coefficient (Wildman–Crippen LogP) is 2.81. The van der Waals surface area contributed by atoms with Gasteiger partial charge in [0.05, 0.1) is 12.0 Å². The molecular weight excluding hydrogens is 392 g/mol. The number of para-hydroxylation sites is 1. The number of aryl methyl sites for hydroxylation is 1. The molecule has 7 nitrogen and oxygen atoms in total. The largest absolute Gasteiger partial charge is 0.496 e. The Morgan fingerprint density at radius 1 is 1.14 bits per heavy atom. The van der Waals surface area contributed by atoms with Crippen LogP contribution in [0.4, 0.5) is 0 Å². The number of H-pyrrole nitrogens is 1. The SMILES string of the molecule is CCn1[nH]cc(C(=O)c2ccc(S(C)(=O)=O)c(-c3ccccc3OC)c2C)c1=O. The van der Waals surface area contributed by atoms with Crippen LogP contribution in [0.5, 0.6) is 5.75 Å². The van der Waals surface area contributed by atoms with Gasteiger partial charge < -0.3 is 9.84 Å². The summed E-state index contributed by atoms with van der Waals surface area (Å²) in [5.41, 5.74) is 1.27. The second kappa shape index (κ2) is 7.71. The molecule has 3 aromatic rings. The smallest absolute Gasteiger partial charge is 0.277 e. The first-order valence-electron chi connectivity index (χ1n) is 9.00. The third-order valence-electron chi connectivity index (χ3n) is 4.85. The van der Waals surface area contributed by atoms with Gasteiger partial charge in [0.1, 0.15) is 11.3 Å². The van der Waals surface area contributed by atoms with Crippen molar-refractivity contribution in [3.8, 4) is 16.9 Å². The lowest BCUT2D eigenvalue weighted by molar-refractivity contribution is 0.103. The summed E-state index contributed by atoms with van der Waals surface area (Å²) < 4.78 is 31.6. The average molecular weight is 414 g/mol. The molecule has 0 aliphatic rings. The topological polar surface area (TPSA) is 98.2 Å². The first-order chi connectivity index (χ1) is 13.7. The first-order valence-corrected chi connectivity index (χ1v) is 10.9. The number of benzene rings is 2. The number of ketones is 1. The normalized spacial score (nSPS) is 11.4. The van der Waals surface area contributed by atoms with Gasteiger partial charge in [-0.1, -0.05) is 18.2 Å². The van der Waals surface area contributed by atoms with Gasteiger partial charge in [-0.15, -0.1) is 0 Å². The maximum Gasteiger partial charge on any atom is 0.277 e. The quantitative estimate of drug-likeness (QED) is 0.626. The molecule has 0 atom stereocenters. The van der Waals surface area contributed by atoms with E-state index >= 15 is 0 Å². The number of ether oxygens (including phenoxy) is 1. The number of hydrogen-bond donors (Lipinski definition) is 1. The number of rotatable bonds is 6. The van der Waals surface area contributed by atoms with Crippen molar-refractivity contribution in [2.45, 2.75) is 25.3 Å². The molecule has 0 bridgehead atoms. The zero-order valence-electron chi connectivity index (χ0n) is 16.6. The number of hydrogen-bond acceptors (Lipinski definition) is 5. The van der Waals surface area contributed by atoms with Crippen molar-refractivity contribution in [1.29, 1.82) is 0 Å². The summed E-state index contributed by atoms with van der Waals surface area (Å²) in [6.07, 6.45) is 2.50. The molecule has 1 heterocycles. The highest BCUT2D eigenvalue weighted by molar-refractivity contribution is 7.90. The molecule has 0 unspecified atom stereocenters. The van der Waals surface area contributed by atoms with Crippen molar-refractivity contribution < 1.29 is 17.9 Å². The van der Waals surface area contributed by atoms with Crippen molar-refractivity contribution in [3.63, 3.8) is 0 Å². The maximum absolute atomic E-state index is 13.1. The minimum Gasteiger partial charge on any atom is -0.496 e. The molecule has 0 saturated carbocycles. The number of aromatic amines is 1. The highest BCUT2D eigenvalue weighted by Gasteiger charge is 2.25. The number of aromatic nitrogens is 2. The fraction of sp³-hybridized carbons (Fsp3) is 0.238. The van der Waals surface area contributed by atoms with Crippen molar-refractivity contribution in [1.82, 2.24) is 9.78 Å². The van der Waals surface area contributed by atoms with Crippen LogP contribution in [0.15, 0.2) is 52.3 Å². The third kappa shape index (κ3) is 3.63. The Balaban J connectivity index is 2.31. The van der Waals surface area contributed by atoms with Gasteiger partial charge in [0.2, 0.25) is 0 Å². The average Bonchev–Trinajstić information content (AvgIpc) is 3.07. The Labute approximate surface area is 168 Å². The summed E-state index contributed by atoms with van der Waals surface area (Å²) in [7, 11) is -2.09. The molecule has 29 heavy (non-hydrogen) atoms. The van der Waals surface area contributed by atoms with Crippen LogP contribution < -0.4 is 10.3 Å². The molecule has 0 amide bonds. The zero-order valence-corrected chi connectivity index (χ0v) is 17.5. The van der Waals surface area contributed by atoms with Gasteiger partial charge in [-0.3, -0.25) is 14.3 Å². The summed E-state index contributed by atoms with van der Waals surface area (Å²) >= 11 is 0. The number of nitrogens with zero attached hydrogens (tertiary/aromatic N) is 1. The molecule has 1 aromatic heterocycles. The van der Waals surface area contributed by atoms with Crippen LogP contribution in [-0.2, 0) is 16.4 Å². The fourth-order valence-corrected chi connectivity index (χ4v) is 4.33. The zero-order chi connectivity index (χ0) is 21.3. The summed E-state index contributed by atoms with van der Waals surface area (Å²) in [5, 5.41) is 2.76. The maximum atomic E-state index is 13.1. The molecule has 0 spiro atoms. The summed E-state index contributed by atoms with van der Waals surface area (Å²) in [5.74, 6) is 0.0206. The van der Waals surface area contributed by atoms with E-state index in [1.165, 1.54) is 30.1 Å². The second-order valence-electron chi connectivity index (χ2n) is 6.65. The van der Waals surface area contributed by atoms with Crippen LogP contribution in [-0.4, -0.2) is 37.3 Å². The number of sulfone groups is 1. The van der Waals surface area contributed by atoms with Crippen LogP contribution in [0, 0.1) is 6.92 Å². The highest BCUT2D eigenvalue weighted by Crippen LogP contribution is 2.38. The predicted molar refractivity (Wildman–Crippen MR) is 110 cm³/mol. The lowest BCUT2D eigenvalue weighted by Crippen LogP contribution is -2.21. The van der Waals surface area contributed by atoms with Crippen molar-refractivity contribution in [2.24, 2.45) is 0 Å². The summed E-state index contributed by atoms with van der Waals surface area (Å²) in [4.78, 5) is 25.6. The molecule has 1 N–H and O–H groups in total. The van der Waals surface area contributed by atoms with E-state index in [-0.39, 0.29) is 16.0 Å². The third-order valence-corrected chi connectivity index (χ3v) is 5.99.